The van der Waals surface area contributed by atoms with E-state index in [-0.39, 0.29) is 0 Å². The molecule has 2 heteroatoms. The quantitative estimate of drug-likeness (QED) is 0.535. The minimum atomic E-state index is 0.401. The second-order valence-electron chi connectivity index (χ2n) is 4.32. The third-order valence-electron chi connectivity index (χ3n) is 3.02. The molecule has 0 amide bonds. The number of hydrogen-bond acceptors (Lipinski definition) is 2. The van der Waals surface area contributed by atoms with Crippen LogP contribution in [-0.4, -0.2) is 24.8 Å². The molecular weight excluding hydrogens is 186 g/mol. The maximum absolute atomic E-state index is 5.89. The normalized spacial score (nSPS) is 27.5. The molecule has 1 heterocycles. The molecule has 0 saturated carbocycles. The highest BCUT2D eigenvalue weighted by Crippen LogP contribution is 2.23. The van der Waals surface area contributed by atoms with Crippen LogP contribution in [0.5, 0.6) is 0 Å². The first-order chi connectivity index (χ1) is 7.27. The molecule has 86 valence electrons. The predicted molar refractivity (Wildman–Crippen MR) is 63.7 cm³/mol. The fourth-order valence-corrected chi connectivity index (χ4v) is 2.24. The molecule has 0 aliphatic carbocycles. The Bertz CT molecular complexity index is 209. The first-order valence-corrected chi connectivity index (χ1v) is 6.10. The van der Waals surface area contributed by atoms with Crippen LogP contribution < -0.4 is 5.32 Å². The summed E-state index contributed by atoms with van der Waals surface area (Å²) in [4.78, 5) is 0. The number of unbranched alkanes of at least 4 members (excludes halogenated alkanes) is 1. The molecule has 3 atom stereocenters. The number of hydrogen-bond donors (Lipinski definition) is 1. The van der Waals surface area contributed by atoms with Crippen LogP contribution in [-0.2, 0) is 4.74 Å². The maximum atomic E-state index is 5.89. The molecule has 0 spiro atoms. The fraction of sp³-hybridized carbons (Fsp3) is 0.846. The van der Waals surface area contributed by atoms with Gasteiger partial charge in [0, 0.05) is 12.5 Å². The smallest absolute Gasteiger partial charge is 0.0732 e. The molecule has 0 aromatic rings. The lowest BCUT2D eigenvalue weighted by atomic mass is 10.0. The highest BCUT2D eigenvalue weighted by atomic mass is 16.5. The van der Waals surface area contributed by atoms with Crippen LogP contribution in [0, 0.1) is 12.3 Å². The molecule has 0 bridgehead atoms. The third kappa shape index (κ3) is 4.24. The van der Waals surface area contributed by atoms with Crippen LogP contribution in [0.3, 0.4) is 0 Å². The van der Waals surface area contributed by atoms with Crippen molar-refractivity contribution in [3.63, 3.8) is 0 Å². The Labute approximate surface area is 93.8 Å². The Morgan fingerprint density at radius 2 is 2.33 bits per heavy atom. The monoisotopic (exact) mass is 209 g/mol. The molecule has 2 nitrogen and oxygen atoms in total. The van der Waals surface area contributed by atoms with Crippen LogP contribution >= 0.6 is 0 Å². The number of rotatable bonds is 6. The minimum Gasteiger partial charge on any atom is -0.374 e. The van der Waals surface area contributed by atoms with Gasteiger partial charge in [0.05, 0.1) is 12.2 Å². The van der Waals surface area contributed by atoms with E-state index in [4.69, 9.17) is 11.2 Å². The average Bonchev–Trinajstić information content (AvgIpc) is 2.64. The van der Waals surface area contributed by atoms with E-state index in [1.807, 2.05) is 0 Å². The second-order valence-corrected chi connectivity index (χ2v) is 4.32. The number of nitrogens with one attached hydrogen (secondary N) is 1. The number of likely N-dealkylation sites (N-methyl/N-ethyl adjacent to an activating group) is 1. The highest BCUT2D eigenvalue weighted by molar-refractivity contribution is 4.87. The van der Waals surface area contributed by atoms with Gasteiger partial charge in [-0.2, -0.15) is 0 Å². The van der Waals surface area contributed by atoms with E-state index in [0.717, 1.165) is 25.8 Å². The molecule has 1 saturated heterocycles. The fourth-order valence-electron chi connectivity index (χ4n) is 2.24. The van der Waals surface area contributed by atoms with Gasteiger partial charge in [0.15, 0.2) is 0 Å². The zero-order chi connectivity index (χ0) is 11.1. The van der Waals surface area contributed by atoms with Crippen LogP contribution in [0.2, 0.25) is 0 Å². The third-order valence-corrected chi connectivity index (χ3v) is 3.02. The van der Waals surface area contributed by atoms with Gasteiger partial charge in [0.2, 0.25) is 0 Å². The molecule has 1 N–H and O–H groups in total. The Hall–Kier alpha value is -0.520. The van der Waals surface area contributed by atoms with Crippen molar-refractivity contribution in [1.29, 1.82) is 0 Å². The molecule has 1 aliphatic rings. The molecule has 15 heavy (non-hydrogen) atoms. The standard InChI is InChI=1S/C13H23NO/c1-4-6-7-8-12(14-5-2)13-10-9-11(3)15-13/h1,11-14H,5-10H2,2-3H3. The molecule has 1 rings (SSSR count). The van der Waals surface area contributed by atoms with Crippen molar-refractivity contribution < 1.29 is 4.74 Å². The molecule has 1 fully saturated rings. The van der Waals surface area contributed by atoms with Crippen molar-refractivity contribution in [3.8, 4) is 12.3 Å². The summed E-state index contributed by atoms with van der Waals surface area (Å²) in [5.41, 5.74) is 0. The van der Waals surface area contributed by atoms with Crippen LogP contribution in [0.15, 0.2) is 0 Å². The molecule has 3 unspecified atom stereocenters. The van der Waals surface area contributed by atoms with Crippen molar-refractivity contribution in [1.82, 2.24) is 5.32 Å². The van der Waals surface area contributed by atoms with E-state index in [0.29, 0.717) is 18.2 Å². The van der Waals surface area contributed by atoms with Gasteiger partial charge in [-0.1, -0.05) is 6.92 Å². The van der Waals surface area contributed by atoms with Gasteiger partial charge in [0.1, 0.15) is 0 Å². The van der Waals surface area contributed by atoms with Crippen molar-refractivity contribution in [2.75, 3.05) is 6.54 Å². The van der Waals surface area contributed by atoms with Crippen molar-refractivity contribution in [2.24, 2.45) is 0 Å². The van der Waals surface area contributed by atoms with Gasteiger partial charge in [-0.05, 0) is 39.2 Å². The topological polar surface area (TPSA) is 21.3 Å². The Morgan fingerprint density at radius 1 is 1.53 bits per heavy atom. The summed E-state index contributed by atoms with van der Waals surface area (Å²) >= 11 is 0. The average molecular weight is 209 g/mol. The van der Waals surface area contributed by atoms with Gasteiger partial charge in [-0.3, -0.25) is 0 Å². The molecule has 1 aliphatic heterocycles. The molecule has 0 aromatic heterocycles. The van der Waals surface area contributed by atoms with Crippen LogP contribution in [0.1, 0.15) is 46.0 Å². The van der Waals surface area contributed by atoms with Crippen molar-refractivity contribution in [3.05, 3.63) is 0 Å². The van der Waals surface area contributed by atoms with Gasteiger partial charge in [0.25, 0.3) is 0 Å². The minimum absolute atomic E-state index is 0.401. The van der Waals surface area contributed by atoms with Crippen molar-refractivity contribution in [2.45, 2.75) is 64.2 Å². The van der Waals surface area contributed by atoms with Gasteiger partial charge < -0.3 is 10.1 Å². The summed E-state index contributed by atoms with van der Waals surface area (Å²) in [5, 5.41) is 3.51. The van der Waals surface area contributed by atoms with Gasteiger partial charge >= 0.3 is 0 Å². The Morgan fingerprint density at radius 3 is 2.87 bits per heavy atom. The Kier molecular flexibility index (Phi) is 5.75. The first kappa shape index (κ1) is 12.5. The van der Waals surface area contributed by atoms with E-state index >= 15 is 0 Å². The predicted octanol–water partition coefficient (Wildman–Crippen LogP) is 2.34. The molecule has 0 radical (unpaired) electrons. The molecular formula is C13H23NO. The van der Waals surface area contributed by atoms with E-state index in [2.05, 4.69) is 25.1 Å². The number of ether oxygens (including phenoxy) is 1. The van der Waals surface area contributed by atoms with E-state index < -0.39 is 0 Å². The summed E-state index contributed by atoms with van der Waals surface area (Å²) in [5.74, 6) is 2.70. The van der Waals surface area contributed by atoms with Crippen LogP contribution in [0.25, 0.3) is 0 Å². The van der Waals surface area contributed by atoms with E-state index in [1.54, 1.807) is 0 Å². The van der Waals surface area contributed by atoms with Crippen LogP contribution in [0.4, 0.5) is 0 Å². The van der Waals surface area contributed by atoms with E-state index in [9.17, 15) is 0 Å². The summed E-state index contributed by atoms with van der Waals surface area (Å²) in [6.07, 6.45) is 11.6. The maximum Gasteiger partial charge on any atom is 0.0732 e. The zero-order valence-electron chi connectivity index (χ0n) is 9.96. The second kappa shape index (κ2) is 6.87. The lowest BCUT2D eigenvalue weighted by Gasteiger charge is -2.24. The van der Waals surface area contributed by atoms with Crippen molar-refractivity contribution >= 4 is 0 Å². The summed E-state index contributed by atoms with van der Waals surface area (Å²) in [6, 6.07) is 0.494. The highest BCUT2D eigenvalue weighted by Gasteiger charge is 2.28. The Balaban J connectivity index is 2.32. The number of terminal acetylenes is 1. The van der Waals surface area contributed by atoms with Gasteiger partial charge in [-0.25, -0.2) is 0 Å². The summed E-state index contributed by atoms with van der Waals surface area (Å²) < 4.78 is 5.89. The van der Waals surface area contributed by atoms with E-state index in [1.165, 1.54) is 12.8 Å². The summed E-state index contributed by atoms with van der Waals surface area (Å²) in [6.45, 7) is 5.31. The SMILES string of the molecule is C#CCCCC(NCC)C1CCC(C)O1. The summed E-state index contributed by atoms with van der Waals surface area (Å²) in [7, 11) is 0. The largest absolute Gasteiger partial charge is 0.374 e. The van der Waals surface area contributed by atoms with Gasteiger partial charge in [-0.15, -0.1) is 12.3 Å². The molecule has 0 aromatic carbocycles. The first-order valence-electron chi connectivity index (χ1n) is 6.10. The lowest BCUT2D eigenvalue weighted by Crippen LogP contribution is -2.39. The zero-order valence-corrected chi connectivity index (χ0v) is 9.96. The lowest BCUT2D eigenvalue weighted by molar-refractivity contribution is 0.0301.